The van der Waals surface area contributed by atoms with Crippen molar-refractivity contribution in [2.45, 2.75) is 51.3 Å². The monoisotopic (exact) mass is 390 g/mol. The first kappa shape index (κ1) is 17.0. The van der Waals surface area contributed by atoms with Crippen LogP contribution >= 0.6 is 31.9 Å². The molecule has 0 aliphatic rings. The van der Waals surface area contributed by atoms with E-state index in [1.54, 1.807) is 0 Å². The molecule has 0 saturated carbocycles. The zero-order valence-corrected chi connectivity index (χ0v) is 15.3. The highest BCUT2D eigenvalue weighted by Crippen LogP contribution is 2.41. The Morgan fingerprint density at radius 1 is 1.11 bits per heavy atom. The Balaban J connectivity index is 3.00. The average Bonchev–Trinajstić information content (AvgIpc) is 2.40. The molecular weight excluding hydrogens is 368 g/mol. The number of alkyl halides is 1. The summed E-state index contributed by atoms with van der Waals surface area (Å²) in [4.78, 5) is 0.367. The van der Waals surface area contributed by atoms with E-state index in [4.69, 9.17) is 4.74 Å². The van der Waals surface area contributed by atoms with Crippen LogP contribution in [0.15, 0.2) is 22.7 Å². The van der Waals surface area contributed by atoms with Crippen molar-refractivity contribution in [3.8, 4) is 5.75 Å². The minimum Gasteiger partial charge on any atom is -0.494 e. The molecule has 0 radical (unpaired) electrons. The van der Waals surface area contributed by atoms with Gasteiger partial charge in [0.15, 0.2) is 0 Å². The summed E-state index contributed by atoms with van der Waals surface area (Å²) < 4.78 is 6.88. The summed E-state index contributed by atoms with van der Waals surface area (Å²) >= 11 is 7.48. The van der Waals surface area contributed by atoms with Gasteiger partial charge in [-0.2, -0.15) is 0 Å². The molecule has 1 aromatic rings. The van der Waals surface area contributed by atoms with Crippen LogP contribution in [0.5, 0.6) is 5.75 Å². The maximum Gasteiger partial charge on any atom is 0.123 e. The fourth-order valence-electron chi connectivity index (χ4n) is 2.45. The number of ether oxygens (including phenoxy) is 1. The molecule has 1 atom stereocenters. The zero-order valence-electron chi connectivity index (χ0n) is 12.1. The molecule has 0 saturated heterocycles. The minimum absolute atomic E-state index is 0.367. The molecule has 0 amide bonds. The van der Waals surface area contributed by atoms with E-state index in [9.17, 15) is 0 Å². The summed E-state index contributed by atoms with van der Waals surface area (Å²) in [6.45, 7) is 7.25. The fraction of sp³-hybridized carbons (Fsp3) is 0.625. The Labute approximate surface area is 134 Å². The van der Waals surface area contributed by atoms with E-state index in [0.29, 0.717) is 17.4 Å². The van der Waals surface area contributed by atoms with Gasteiger partial charge >= 0.3 is 0 Å². The largest absolute Gasteiger partial charge is 0.494 e. The van der Waals surface area contributed by atoms with Gasteiger partial charge in [0.25, 0.3) is 0 Å². The van der Waals surface area contributed by atoms with Crippen LogP contribution < -0.4 is 4.74 Å². The van der Waals surface area contributed by atoms with Crippen LogP contribution in [0, 0.1) is 5.92 Å². The van der Waals surface area contributed by atoms with Crippen molar-refractivity contribution in [1.82, 2.24) is 0 Å². The van der Waals surface area contributed by atoms with Gasteiger partial charge in [-0.15, -0.1) is 0 Å². The molecule has 0 spiro atoms. The third-order valence-corrected chi connectivity index (χ3v) is 5.04. The minimum atomic E-state index is 0.367. The van der Waals surface area contributed by atoms with Gasteiger partial charge in [-0.3, -0.25) is 0 Å². The van der Waals surface area contributed by atoms with Crippen molar-refractivity contribution in [1.29, 1.82) is 0 Å². The lowest BCUT2D eigenvalue weighted by Crippen LogP contribution is -2.09. The second-order valence-corrected chi connectivity index (χ2v) is 6.76. The standard InChI is InChI=1S/C16H24Br2O/c1-4-7-12(8-5-2)16(18)14-11-13(17)9-10-15(14)19-6-3/h9-12,16H,4-8H2,1-3H3. The lowest BCUT2D eigenvalue weighted by molar-refractivity contribution is 0.331. The first-order valence-electron chi connectivity index (χ1n) is 7.20. The van der Waals surface area contributed by atoms with Crippen LogP contribution in [0.2, 0.25) is 0 Å². The van der Waals surface area contributed by atoms with Crippen molar-refractivity contribution in [3.63, 3.8) is 0 Å². The predicted molar refractivity (Wildman–Crippen MR) is 90.3 cm³/mol. The number of hydrogen-bond acceptors (Lipinski definition) is 1. The Morgan fingerprint density at radius 3 is 2.26 bits per heavy atom. The number of hydrogen-bond donors (Lipinski definition) is 0. The smallest absolute Gasteiger partial charge is 0.123 e. The van der Waals surface area contributed by atoms with Crippen LogP contribution in [0.3, 0.4) is 0 Å². The number of halogens is 2. The van der Waals surface area contributed by atoms with Crippen LogP contribution in [0.25, 0.3) is 0 Å². The molecule has 1 unspecified atom stereocenters. The van der Waals surface area contributed by atoms with Crippen LogP contribution in [-0.2, 0) is 0 Å². The van der Waals surface area contributed by atoms with E-state index in [0.717, 1.165) is 10.2 Å². The number of benzene rings is 1. The molecular formula is C16H24Br2O. The molecule has 108 valence electrons. The molecule has 0 bridgehead atoms. The van der Waals surface area contributed by atoms with Gasteiger partial charge in [-0.25, -0.2) is 0 Å². The summed E-state index contributed by atoms with van der Waals surface area (Å²) in [5, 5.41) is 0. The van der Waals surface area contributed by atoms with Crippen molar-refractivity contribution < 1.29 is 4.74 Å². The topological polar surface area (TPSA) is 9.23 Å². The van der Waals surface area contributed by atoms with Gasteiger partial charge in [0, 0.05) is 14.9 Å². The van der Waals surface area contributed by atoms with Crippen molar-refractivity contribution in [2.75, 3.05) is 6.61 Å². The molecule has 1 nitrogen and oxygen atoms in total. The highest BCUT2D eigenvalue weighted by atomic mass is 79.9. The summed E-state index contributed by atoms with van der Waals surface area (Å²) in [6.07, 6.45) is 4.96. The molecule has 19 heavy (non-hydrogen) atoms. The van der Waals surface area contributed by atoms with E-state index in [-0.39, 0.29) is 0 Å². The SMILES string of the molecule is CCCC(CCC)C(Br)c1cc(Br)ccc1OCC. The highest BCUT2D eigenvalue weighted by molar-refractivity contribution is 9.10. The summed E-state index contributed by atoms with van der Waals surface area (Å²) in [6, 6.07) is 6.29. The lowest BCUT2D eigenvalue weighted by atomic mass is 9.90. The zero-order chi connectivity index (χ0) is 14.3. The average molecular weight is 392 g/mol. The number of rotatable bonds is 8. The quantitative estimate of drug-likeness (QED) is 0.459. The molecule has 1 aromatic carbocycles. The third kappa shape index (κ3) is 5.11. The van der Waals surface area contributed by atoms with E-state index < -0.39 is 0 Å². The summed E-state index contributed by atoms with van der Waals surface area (Å²) in [5.41, 5.74) is 1.27. The molecule has 0 heterocycles. The molecule has 1 rings (SSSR count). The van der Waals surface area contributed by atoms with E-state index in [1.165, 1.54) is 31.2 Å². The lowest BCUT2D eigenvalue weighted by Gasteiger charge is -2.24. The van der Waals surface area contributed by atoms with Crippen LogP contribution in [-0.4, -0.2) is 6.61 Å². The first-order valence-corrected chi connectivity index (χ1v) is 8.91. The fourth-order valence-corrected chi connectivity index (χ4v) is 3.72. The van der Waals surface area contributed by atoms with E-state index in [1.807, 2.05) is 13.0 Å². The van der Waals surface area contributed by atoms with Gasteiger partial charge in [-0.05, 0) is 43.9 Å². The van der Waals surface area contributed by atoms with E-state index in [2.05, 4.69) is 57.8 Å². The van der Waals surface area contributed by atoms with Gasteiger partial charge < -0.3 is 4.74 Å². The third-order valence-electron chi connectivity index (χ3n) is 3.30. The van der Waals surface area contributed by atoms with Gasteiger partial charge in [0.2, 0.25) is 0 Å². The predicted octanol–water partition coefficient (Wildman–Crippen LogP) is 6.50. The highest BCUT2D eigenvalue weighted by Gasteiger charge is 2.22. The van der Waals surface area contributed by atoms with Gasteiger partial charge in [-0.1, -0.05) is 58.5 Å². The van der Waals surface area contributed by atoms with Crippen molar-refractivity contribution in [3.05, 3.63) is 28.2 Å². The molecule has 0 N–H and O–H groups in total. The Hall–Kier alpha value is -0.0200. The molecule has 0 fully saturated rings. The van der Waals surface area contributed by atoms with Crippen LogP contribution in [0.1, 0.15) is 56.8 Å². The Kier molecular flexibility index (Phi) is 8.08. The summed E-state index contributed by atoms with van der Waals surface area (Å²) in [5.74, 6) is 1.67. The normalized spacial score (nSPS) is 12.7. The second-order valence-electron chi connectivity index (χ2n) is 4.85. The van der Waals surface area contributed by atoms with Gasteiger partial charge in [0.1, 0.15) is 5.75 Å². The molecule has 0 aliphatic carbocycles. The summed E-state index contributed by atoms with van der Waals surface area (Å²) in [7, 11) is 0. The van der Waals surface area contributed by atoms with E-state index >= 15 is 0 Å². The Bertz CT molecular complexity index is 373. The first-order chi connectivity index (χ1) is 9.13. The molecule has 3 heteroatoms. The molecule has 0 aliphatic heterocycles. The Morgan fingerprint density at radius 2 is 1.74 bits per heavy atom. The van der Waals surface area contributed by atoms with Crippen molar-refractivity contribution in [2.24, 2.45) is 5.92 Å². The van der Waals surface area contributed by atoms with Crippen molar-refractivity contribution >= 4 is 31.9 Å². The maximum atomic E-state index is 5.77. The van der Waals surface area contributed by atoms with Crippen LogP contribution in [0.4, 0.5) is 0 Å². The van der Waals surface area contributed by atoms with Gasteiger partial charge in [0.05, 0.1) is 6.61 Å². The maximum absolute atomic E-state index is 5.77. The molecule has 0 aromatic heterocycles. The second kappa shape index (κ2) is 9.02.